The largest absolute Gasteiger partial charge is 0.496 e. The molecule has 0 unspecified atom stereocenters. The van der Waals surface area contributed by atoms with E-state index in [1.165, 1.54) is 12.8 Å². The molecule has 0 heterocycles. The Bertz CT molecular complexity index is 442. The number of halogens is 1. The maximum Gasteiger partial charge on any atom is 0.146 e. The average Bonchev–Trinajstić information content (AvgIpc) is 2.89. The van der Waals surface area contributed by atoms with Gasteiger partial charge < -0.3 is 10.2 Å². The fourth-order valence-corrected chi connectivity index (χ4v) is 2.42. The van der Waals surface area contributed by atoms with Crippen LogP contribution in [0.3, 0.4) is 0 Å². The van der Waals surface area contributed by atoms with Gasteiger partial charge >= 0.3 is 0 Å². The molecule has 1 fully saturated rings. The summed E-state index contributed by atoms with van der Waals surface area (Å²) >= 11 is 5.94. The van der Waals surface area contributed by atoms with Gasteiger partial charge in [0.2, 0.25) is 0 Å². The molecule has 0 spiro atoms. The number of rotatable bonds is 3. The minimum Gasteiger partial charge on any atom is -0.496 e. The van der Waals surface area contributed by atoms with E-state index in [4.69, 9.17) is 22.2 Å². The predicted molar refractivity (Wildman–Crippen MR) is 74.1 cm³/mol. The zero-order chi connectivity index (χ0) is 13.0. The molecule has 2 rings (SSSR count). The lowest BCUT2D eigenvalue weighted by Gasteiger charge is -2.13. The molecule has 18 heavy (non-hydrogen) atoms. The van der Waals surface area contributed by atoms with Crippen molar-refractivity contribution in [1.29, 1.82) is 0 Å². The number of amidine groups is 1. The Labute approximate surface area is 112 Å². The molecule has 0 saturated heterocycles. The molecule has 1 aliphatic carbocycles. The van der Waals surface area contributed by atoms with Crippen LogP contribution in [0.2, 0.25) is 5.02 Å². The summed E-state index contributed by atoms with van der Waals surface area (Å²) in [6.45, 7) is 0. The summed E-state index contributed by atoms with van der Waals surface area (Å²) in [5.74, 6) is 6.92. The molecule has 3 N–H and O–H groups in total. The van der Waals surface area contributed by atoms with Crippen molar-refractivity contribution in [2.75, 3.05) is 7.11 Å². The van der Waals surface area contributed by atoms with E-state index in [1.807, 2.05) is 6.07 Å². The number of benzene rings is 1. The molecule has 0 radical (unpaired) electrons. The lowest BCUT2D eigenvalue weighted by Crippen LogP contribution is -2.32. The Hall–Kier alpha value is -1.26. The minimum absolute atomic E-state index is 0.358. The first kappa shape index (κ1) is 13.2. The SMILES string of the molecule is COc1cc(Cl)ccc1C(=NC1CCCC1)NN. The van der Waals surface area contributed by atoms with E-state index in [9.17, 15) is 0 Å². The van der Waals surface area contributed by atoms with Gasteiger partial charge in [-0.3, -0.25) is 4.99 Å². The lowest BCUT2D eigenvalue weighted by molar-refractivity contribution is 0.413. The number of nitrogens with one attached hydrogen (secondary N) is 1. The van der Waals surface area contributed by atoms with Crippen molar-refractivity contribution in [1.82, 2.24) is 5.43 Å². The van der Waals surface area contributed by atoms with Crippen LogP contribution in [0.4, 0.5) is 0 Å². The van der Waals surface area contributed by atoms with Crippen LogP contribution in [-0.2, 0) is 0 Å². The summed E-state index contributed by atoms with van der Waals surface area (Å²) in [4.78, 5) is 4.66. The maximum atomic E-state index is 5.94. The molecule has 0 amide bonds. The van der Waals surface area contributed by atoms with E-state index in [-0.39, 0.29) is 0 Å². The molecule has 0 atom stereocenters. The second-order valence-electron chi connectivity index (χ2n) is 4.40. The number of hydrogen-bond donors (Lipinski definition) is 2. The van der Waals surface area contributed by atoms with Gasteiger partial charge in [0.15, 0.2) is 0 Å². The smallest absolute Gasteiger partial charge is 0.146 e. The number of hydrazine groups is 1. The molecular weight excluding hydrogens is 250 g/mol. The van der Waals surface area contributed by atoms with Crippen LogP contribution in [-0.4, -0.2) is 19.0 Å². The van der Waals surface area contributed by atoms with E-state index in [1.54, 1.807) is 19.2 Å². The van der Waals surface area contributed by atoms with Gasteiger partial charge in [-0.1, -0.05) is 24.4 Å². The summed E-state index contributed by atoms with van der Waals surface area (Å²) in [6.07, 6.45) is 4.73. The van der Waals surface area contributed by atoms with Crippen LogP contribution in [0.25, 0.3) is 0 Å². The van der Waals surface area contributed by atoms with Crippen LogP contribution in [0.1, 0.15) is 31.2 Å². The van der Waals surface area contributed by atoms with E-state index in [2.05, 4.69) is 10.4 Å². The molecule has 0 aromatic heterocycles. The van der Waals surface area contributed by atoms with Crippen molar-refractivity contribution in [2.24, 2.45) is 10.8 Å². The number of hydrogen-bond acceptors (Lipinski definition) is 3. The van der Waals surface area contributed by atoms with Gasteiger partial charge in [-0.2, -0.15) is 0 Å². The van der Waals surface area contributed by atoms with E-state index >= 15 is 0 Å². The molecular formula is C13H18ClN3O. The van der Waals surface area contributed by atoms with Crippen LogP contribution < -0.4 is 16.0 Å². The zero-order valence-corrected chi connectivity index (χ0v) is 11.2. The Morgan fingerprint density at radius 2 is 2.17 bits per heavy atom. The van der Waals surface area contributed by atoms with Gasteiger partial charge in [0, 0.05) is 5.02 Å². The summed E-state index contributed by atoms with van der Waals surface area (Å²) in [6, 6.07) is 5.80. The molecule has 98 valence electrons. The number of methoxy groups -OCH3 is 1. The predicted octanol–water partition coefficient (Wildman–Crippen LogP) is 2.50. The summed E-state index contributed by atoms with van der Waals surface area (Å²) in [7, 11) is 1.61. The number of aliphatic imine (C=N–C) groups is 1. The second-order valence-corrected chi connectivity index (χ2v) is 4.84. The third kappa shape index (κ3) is 2.94. The molecule has 0 aliphatic heterocycles. The molecule has 4 nitrogen and oxygen atoms in total. The standard InChI is InChI=1S/C13H18ClN3O/c1-18-12-8-9(14)6-7-11(12)13(17-15)16-10-4-2-3-5-10/h6-8,10H,2-5,15H2,1H3,(H,16,17). The van der Waals surface area contributed by atoms with Crippen molar-refractivity contribution >= 4 is 17.4 Å². The molecule has 0 bridgehead atoms. The van der Waals surface area contributed by atoms with Crippen molar-refractivity contribution in [3.8, 4) is 5.75 Å². The number of ether oxygens (including phenoxy) is 1. The Morgan fingerprint density at radius 3 is 2.78 bits per heavy atom. The van der Waals surface area contributed by atoms with Gasteiger partial charge in [0.05, 0.1) is 18.7 Å². The zero-order valence-electron chi connectivity index (χ0n) is 10.4. The number of nitrogens with zero attached hydrogens (tertiary/aromatic N) is 1. The highest BCUT2D eigenvalue weighted by Crippen LogP contribution is 2.25. The molecule has 1 aliphatic rings. The van der Waals surface area contributed by atoms with E-state index in [0.717, 1.165) is 18.4 Å². The maximum absolute atomic E-state index is 5.94. The minimum atomic E-state index is 0.358. The Balaban J connectivity index is 2.31. The molecule has 1 aromatic rings. The van der Waals surface area contributed by atoms with E-state index in [0.29, 0.717) is 22.6 Å². The fraction of sp³-hybridized carbons (Fsp3) is 0.462. The van der Waals surface area contributed by atoms with Gasteiger partial charge in [-0.05, 0) is 31.0 Å². The average molecular weight is 268 g/mol. The van der Waals surface area contributed by atoms with Crippen molar-refractivity contribution < 1.29 is 4.74 Å². The number of nitrogens with two attached hydrogens (primary N) is 1. The molecule has 5 heteroatoms. The monoisotopic (exact) mass is 267 g/mol. The van der Waals surface area contributed by atoms with Crippen LogP contribution in [0.15, 0.2) is 23.2 Å². The normalized spacial score (nSPS) is 16.9. The van der Waals surface area contributed by atoms with Gasteiger partial charge in [0.1, 0.15) is 11.6 Å². The first-order valence-electron chi connectivity index (χ1n) is 6.13. The summed E-state index contributed by atoms with van der Waals surface area (Å²) in [5, 5.41) is 0.632. The van der Waals surface area contributed by atoms with Crippen molar-refractivity contribution in [3.05, 3.63) is 28.8 Å². The van der Waals surface area contributed by atoms with Crippen molar-refractivity contribution in [2.45, 2.75) is 31.7 Å². The third-order valence-electron chi connectivity index (χ3n) is 3.19. The highest BCUT2D eigenvalue weighted by atomic mass is 35.5. The van der Waals surface area contributed by atoms with Crippen LogP contribution in [0.5, 0.6) is 5.75 Å². The highest BCUT2D eigenvalue weighted by molar-refractivity contribution is 6.30. The van der Waals surface area contributed by atoms with Gasteiger partial charge in [-0.15, -0.1) is 0 Å². The van der Waals surface area contributed by atoms with Gasteiger partial charge in [-0.25, -0.2) is 5.84 Å². The Morgan fingerprint density at radius 1 is 1.44 bits per heavy atom. The lowest BCUT2D eigenvalue weighted by atomic mass is 10.1. The van der Waals surface area contributed by atoms with Crippen LogP contribution >= 0.6 is 11.6 Å². The highest BCUT2D eigenvalue weighted by Gasteiger charge is 2.17. The molecule has 1 saturated carbocycles. The first-order chi connectivity index (χ1) is 8.74. The third-order valence-corrected chi connectivity index (χ3v) is 3.43. The fourth-order valence-electron chi connectivity index (χ4n) is 2.26. The Kier molecular flexibility index (Phi) is 4.44. The first-order valence-corrected chi connectivity index (χ1v) is 6.50. The summed E-state index contributed by atoms with van der Waals surface area (Å²) < 4.78 is 5.31. The van der Waals surface area contributed by atoms with Crippen LogP contribution in [0, 0.1) is 0 Å². The quantitative estimate of drug-likeness (QED) is 0.383. The molecule has 1 aromatic carbocycles. The second kappa shape index (κ2) is 6.07. The van der Waals surface area contributed by atoms with Gasteiger partial charge in [0.25, 0.3) is 0 Å². The van der Waals surface area contributed by atoms with Crippen molar-refractivity contribution in [3.63, 3.8) is 0 Å². The topological polar surface area (TPSA) is 59.6 Å². The summed E-state index contributed by atoms with van der Waals surface area (Å²) in [5.41, 5.74) is 3.51. The van der Waals surface area contributed by atoms with E-state index < -0.39 is 0 Å².